The maximum absolute atomic E-state index is 6.23. The van der Waals surface area contributed by atoms with Gasteiger partial charge in [0.1, 0.15) is 5.15 Å². The van der Waals surface area contributed by atoms with E-state index in [1.165, 1.54) is 0 Å². The Morgan fingerprint density at radius 2 is 1.94 bits per heavy atom. The molecular formula is C14H12Cl2N2. The van der Waals surface area contributed by atoms with E-state index in [4.69, 9.17) is 23.2 Å². The molecular weight excluding hydrogens is 267 g/mol. The largest absolute Gasteiger partial charge is 0.233 e. The zero-order valence-electron chi connectivity index (χ0n) is 10.0. The van der Waals surface area contributed by atoms with E-state index in [-0.39, 0.29) is 0 Å². The lowest BCUT2D eigenvalue weighted by Gasteiger charge is -2.08. The molecule has 1 aliphatic rings. The minimum Gasteiger partial charge on any atom is -0.233 e. The Bertz CT molecular complexity index is 623. The molecule has 2 aromatic rings. The average Bonchev–Trinajstić information content (AvgIpc) is 2.77. The van der Waals surface area contributed by atoms with Crippen LogP contribution in [-0.2, 0) is 12.8 Å². The van der Waals surface area contributed by atoms with Crippen LogP contribution in [0.4, 0.5) is 0 Å². The second kappa shape index (κ2) is 4.52. The van der Waals surface area contributed by atoms with Crippen LogP contribution in [0.5, 0.6) is 0 Å². The third-order valence-corrected chi connectivity index (χ3v) is 3.86. The molecule has 0 unspecified atom stereocenters. The van der Waals surface area contributed by atoms with Crippen molar-refractivity contribution in [1.29, 1.82) is 0 Å². The molecule has 1 aromatic carbocycles. The zero-order valence-corrected chi connectivity index (χ0v) is 11.5. The summed E-state index contributed by atoms with van der Waals surface area (Å²) >= 11 is 12.2. The van der Waals surface area contributed by atoms with Crippen molar-refractivity contribution < 1.29 is 0 Å². The number of hydrogen-bond acceptors (Lipinski definition) is 2. The zero-order chi connectivity index (χ0) is 12.7. The summed E-state index contributed by atoms with van der Waals surface area (Å²) in [5.41, 5.74) is 4.28. The summed E-state index contributed by atoms with van der Waals surface area (Å²) in [7, 11) is 0. The molecule has 1 aromatic heterocycles. The van der Waals surface area contributed by atoms with Crippen LogP contribution in [0, 0.1) is 6.92 Å². The quantitative estimate of drug-likeness (QED) is 0.729. The predicted molar refractivity (Wildman–Crippen MR) is 74.3 cm³/mol. The Balaban J connectivity index is 2.15. The van der Waals surface area contributed by atoms with E-state index < -0.39 is 0 Å². The van der Waals surface area contributed by atoms with Gasteiger partial charge in [-0.2, -0.15) is 0 Å². The summed E-state index contributed by atoms with van der Waals surface area (Å²) in [5, 5.41) is 1.32. The van der Waals surface area contributed by atoms with Crippen LogP contribution in [0.15, 0.2) is 18.2 Å². The van der Waals surface area contributed by atoms with Crippen LogP contribution >= 0.6 is 23.2 Å². The van der Waals surface area contributed by atoms with Crippen molar-refractivity contribution in [1.82, 2.24) is 9.97 Å². The van der Waals surface area contributed by atoms with Crippen LogP contribution in [0.25, 0.3) is 11.4 Å². The van der Waals surface area contributed by atoms with Gasteiger partial charge in [0, 0.05) is 21.8 Å². The van der Waals surface area contributed by atoms with Gasteiger partial charge in [0.2, 0.25) is 0 Å². The molecule has 18 heavy (non-hydrogen) atoms. The Kier molecular flexibility index (Phi) is 3.00. The lowest BCUT2D eigenvalue weighted by Crippen LogP contribution is -1.98. The van der Waals surface area contributed by atoms with Crippen molar-refractivity contribution in [2.45, 2.75) is 26.2 Å². The molecule has 0 N–H and O–H groups in total. The van der Waals surface area contributed by atoms with Crippen molar-refractivity contribution in [2.24, 2.45) is 0 Å². The molecule has 0 spiro atoms. The van der Waals surface area contributed by atoms with E-state index in [9.17, 15) is 0 Å². The number of halogens is 2. The number of fused-ring (bicyclic) bond motifs is 1. The molecule has 0 atom stereocenters. The van der Waals surface area contributed by atoms with E-state index in [2.05, 4.69) is 9.97 Å². The van der Waals surface area contributed by atoms with Gasteiger partial charge in [-0.25, -0.2) is 9.97 Å². The first-order chi connectivity index (χ1) is 8.65. The number of nitrogens with zero attached hydrogens (tertiary/aromatic N) is 2. The lowest BCUT2D eigenvalue weighted by atomic mass is 10.1. The maximum Gasteiger partial charge on any atom is 0.161 e. The molecule has 3 rings (SSSR count). The lowest BCUT2D eigenvalue weighted by molar-refractivity contribution is 0.900. The SMILES string of the molecule is Cc1cc(Cl)ccc1-c1nc(Cl)c2c(n1)CCC2. The Morgan fingerprint density at radius 1 is 1.11 bits per heavy atom. The van der Waals surface area contributed by atoms with Gasteiger partial charge in [-0.05, 0) is 49.9 Å². The number of aryl methyl sites for hydroxylation is 2. The summed E-state index contributed by atoms with van der Waals surface area (Å²) in [5.74, 6) is 0.704. The van der Waals surface area contributed by atoms with Crippen molar-refractivity contribution in [3.05, 3.63) is 45.2 Å². The van der Waals surface area contributed by atoms with Crippen LogP contribution in [-0.4, -0.2) is 9.97 Å². The Morgan fingerprint density at radius 3 is 2.72 bits per heavy atom. The fourth-order valence-electron chi connectivity index (χ4n) is 2.39. The standard InChI is InChI=1S/C14H12Cl2N2/c1-8-7-9(15)5-6-10(8)14-17-12-4-2-3-11(12)13(16)18-14/h5-7H,2-4H2,1H3. The highest BCUT2D eigenvalue weighted by atomic mass is 35.5. The molecule has 0 fully saturated rings. The number of aromatic nitrogens is 2. The van der Waals surface area contributed by atoms with Gasteiger partial charge in [0.25, 0.3) is 0 Å². The van der Waals surface area contributed by atoms with Crippen molar-refractivity contribution >= 4 is 23.2 Å². The van der Waals surface area contributed by atoms with Crippen LogP contribution < -0.4 is 0 Å². The highest BCUT2D eigenvalue weighted by molar-refractivity contribution is 6.31. The molecule has 2 nitrogen and oxygen atoms in total. The Labute approximate surface area is 116 Å². The molecule has 1 aliphatic carbocycles. The van der Waals surface area contributed by atoms with E-state index in [1.54, 1.807) is 0 Å². The van der Waals surface area contributed by atoms with Crippen LogP contribution in [0.3, 0.4) is 0 Å². The van der Waals surface area contributed by atoms with Crippen molar-refractivity contribution in [3.8, 4) is 11.4 Å². The monoisotopic (exact) mass is 278 g/mol. The second-order valence-electron chi connectivity index (χ2n) is 4.58. The van der Waals surface area contributed by atoms with Crippen molar-refractivity contribution in [3.63, 3.8) is 0 Å². The van der Waals surface area contributed by atoms with E-state index >= 15 is 0 Å². The van der Waals surface area contributed by atoms with Gasteiger partial charge in [-0.3, -0.25) is 0 Å². The molecule has 0 radical (unpaired) electrons. The minimum absolute atomic E-state index is 0.599. The Hall–Kier alpha value is -1.12. The molecule has 92 valence electrons. The molecule has 0 aliphatic heterocycles. The second-order valence-corrected chi connectivity index (χ2v) is 5.37. The fraction of sp³-hybridized carbons (Fsp3) is 0.286. The van der Waals surface area contributed by atoms with Crippen LogP contribution in [0.1, 0.15) is 23.2 Å². The topological polar surface area (TPSA) is 25.8 Å². The van der Waals surface area contributed by atoms with Gasteiger partial charge >= 0.3 is 0 Å². The van der Waals surface area contributed by atoms with Gasteiger partial charge in [-0.1, -0.05) is 23.2 Å². The van der Waals surface area contributed by atoms with Gasteiger partial charge in [-0.15, -0.1) is 0 Å². The molecule has 0 saturated heterocycles. The number of rotatable bonds is 1. The smallest absolute Gasteiger partial charge is 0.161 e. The summed E-state index contributed by atoms with van der Waals surface area (Å²) in [6.45, 7) is 2.01. The summed E-state index contributed by atoms with van der Waals surface area (Å²) in [4.78, 5) is 9.05. The van der Waals surface area contributed by atoms with Gasteiger partial charge in [0.15, 0.2) is 5.82 Å². The predicted octanol–water partition coefficient (Wildman–Crippen LogP) is 4.25. The average molecular weight is 279 g/mol. The number of benzene rings is 1. The normalized spacial score (nSPS) is 13.7. The van der Waals surface area contributed by atoms with E-state index in [0.29, 0.717) is 11.0 Å². The summed E-state index contributed by atoms with van der Waals surface area (Å²) in [6, 6.07) is 5.72. The van der Waals surface area contributed by atoms with Gasteiger partial charge < -0.3 is 0 Å². The van der Waals surface area contributed by atoms with Gasteiger partial charge in [0.05, 0.1) is 0 Å². The third-order valence-electron chi connectivity index (χ3n) is 3.31. The molecule has 0 bridgehead atoms. The third kappa shape index (κ3) is 2.00. The van der Waals surface area contributed by atoms with Crippen LogP contribution in [0.2, 0.25) is 10.2 Å². The first-order valence-electron chi connectivity index (χ1n) is 5.97. The molecule has 1 heterocycles. The maximum atomic E-state index is 6.23. The first kappa shape index (κ1) is 11.9. The highest BCUT2D eigenvalue weighted by Gasteiger charge is 2.19. The minimum atomic E-state index is 0.599. The molecule has 4 heteroatoms. The van der Waals surface area contributed by atoms with E-state index in [1.807, 2.05) is 25.1 Å². The van der Waals surface area contributed by atoms with Crippen molar-refractivity contribution in [2.75, 3.05) is 0 Å². The summed E-state index contributed by atoms with van der Waals surface area (Å²) < 4.78 is 0. The highest BCUT2D eigenvalue weighted by Crippen LogP contribution is 2.30. The summed E-state index contributed by atoms with van der Waals surface area (Å²) in [6.07, 6.45) is 3.11. The molecule has 0 saturated carbocycles. The first-order valence-corrected chi connectivity index (χ1v) is 6.72. The fourth-order valence-corrected chi connectivity index (χ4v) is 2.90. The molecule has 0 amide bonds. The van der Waals surface area contributed by atoms with E-state index in [0.717, 1.165) is 46.7 Å². The number of hydrogen-bond donors (Lipinski definition) is 0.